The van der Waals surface area contributed by atoms with Gasteiger partial charge in [-0.05, 0) is 62.3 Å². The molecule has 0 unspecified atom stereocenters. The van der Waals surface area contributed by atoms with E-state index < -0.39 is 0 Å². The Morgan fingerprint density at radius 1 is 1.20 bits per heavy atom. The molecule has 0 aliphatic heterocycles. The van der Waals surface area contributed by atoms with E-state index in [4.69, 9.17) is 17.0 Å². The molecule has 0 heterocycles. The number of amides is 1. The molecule has 0 fully saturated rings. The van der Waals surface area contributed by atoms with Gasteiger partial charge in [0.15, 0.2) is 5.11 Å². The number of carbonyl (C=O) groups is 1. The van der Waals surface area contributed by atoms with Crippen LogP contribution in [0.5, 0.6) is 5.75 Å². The normalized spacial score (nSPS) is 10.2. The van der Waals surface area contributed by atoms with Crippen molar-refractivity contribution in [1.29, 1.82) is 0 Å². The van der Waals surface area contributed by atoms with E-state index in [1.54, 1.807) is 12.1 Å². The van der Waals surface area contributed by atoms with E-state index in [2.05, 4.69) is 32.6 Å². The lowest BCUT2D eigenvalue weighted by Gasteiger charge is -2.14. The minimum atomic E-state index is -0.310. The first-order valence-corrected chi connectivity index (χ1v) is 9.22. The number of benzene rings is 2. The van der Waals surface area contributed by atoms with Crippen molar-refractivity contribution < 1.29 is 9.53 Å². The van der Waals surface area contributed by atoms with Crippen molar-refractivity contribution in [2.45, 2.75) is 27.2 Å². The zero-order chi connectivity index (χ0) is 18.4. The number of carbonyl (C=O) groups excluding carboxylic acids is 1. The molecular weight excluding hydrogens is 400 g/mol. The average molecular weight is 421 g/mol. The first-order chi connectivity index (χ1) is 11.9. The van der Waals surface area contributed by atoms with Crippen LogP contribution >= 0.6 is 28.1 Å². The molecule has 2 aromatic rings. The molecule has 0 atom stereocenters. The lowest BCUT2D eigenvalue weighted by atomic mass is 10.1. The zero-order valence-electron chi connectivity index (χ0n) is 14.5. The Labute approximate surface area is 162 Å². The summed E-state index contributed by atoms with van der Waals surface area (Å²) >= 11 is 8.66. The van der Waals surface area contributed by atoms with Gasteiger partial charge in [0, 0.05) is 10.2 Å². The number of anilines is 1. The fraction of sp³-hybridized carbons (Fsp3) is 0.263. The van der Waals surface area contributed by atoms with Crippen molar-refractivity contribution in [3.63, 3.8) is 0 Å². The topological polar surface area (TPSA) is 50.4 Å². The Hall–Kier alpha value is -1.92. The second-order valence-electron chi connectivity index (χ2n) is 5.72. The molecule has 0 saturated heterocycles. The molecule has 0 aliphatic rings. The van der Waals surface area contributed by atoms with E-state index in [9.17, 15) is 4.79 Å². The molecule has 0 saturated carbocycles. The molecule has 0 aliphatic carbocycles. The second kappa shape index (κ2) is 8.97. The third-order valence-corrected chi connectivity index (χ3v) is 4.20. The highest BCUT2D eigenvalue weighted by atomic mass is 79.9. The lowest BCUT2D eigenvalue weighted by Crippen LogP contribution is -2.34. The molecule has 1 amide bonds. The van der Waals surface area contributed by atoms with Gasteiger partial charge in [0.25, 0.3) is 5.91 Å². The van der Waals surface area contributed by atoms with Crippen LogP contribution in [0.1, 0.15) is 34.8 Å². The summed E-state index contributed by atoms with van der Waals surface area (Å²) in [5.74, 6) is 0.228. The summed E-state index contributed by atoms with van der Waals surface area (Å²) in [5.41, 5.74) is 3.54. The van der Waals surface area contributed by atoms with Crippen LogP contribution < -0.4 is 15.4 Å². The van der Waals surface area contributed by atoms with Gasteiger partial charge in [0.1, 0.15) is 5.75 Å². The Kier molecular flexibility index (Phi) is 6.96. The van der Waals surface area contributed by atoms with Gasteiger partial charge in [0.2, 0.25) is 0 Å². The molecule has 132 valence electrons. The van der Waals surface area contributed by atoms with Gasteiger partial charge in [-0.15, -0.1) is 0 Å². The third kappa shape index (κ3) is 5.54. The average Bonchev–Trinajstić information content (AvgIpc) is 2.56. The number of rotatable bonds is 5. The zero-order valence-corrected chi connectivity index (χ0v) is 16.9. The van der Waals surface area contributed by atoms with E-state index in [-0.39, 0.29) is 11.0 Å². The van der Waals surface area contributed by atoms with Gasteiger partial charge < -0.3 is 10.1 Å². The van der Waals surface area contributed by atoms with E-state index in [1.165, 1.54) is 5.56 Å². The van der Waals surface area contributed by atoms with Gasteiger partial charge in [0.05, 0.1) is 12.2 Å². The summed E-state index contributed by atoms with van der Waals surface area (Å²) in [6, 6.07) is 11.3. The van der Waals surface area contributed by atoms with Gasteiger partial charge in [-0.25, -0.2) is 0 Å². The number of hydrogen-bond acceptors (Lipinski definition) is 3. The number of nitrogens with one attached hydrogen (secondary N) is 2. The van der Waals surface area contributed by atoms with E-state index in [0.717, 1.165) is 22.1 Å². The van der Waals surface area contributed by atoms with Crippen LogP contribution in [0, 0.1) is 13.8 Å². The molecule has 2 rings (SSSR count). The van der Waals surface area contributed by atoms with Gasteiger partial charge >= 0.3 is 0 Å². The number of thiocarbonyl (C=S) groups is 1. The van der Waals surface area contributed by atoms with Gasteiger partial charge in [-0.2, -0.15) is 0 Å². The predicted molar refractivity (Wildman–Crippen MR) is 110 cm³/mol. The highest BCUT2D eigenvalue weighted by molar-refractivity contribution is 9.10. The van der Waals surface area contributed by atoms with Crippen molar-refractivity contribution in [1.82, 2.24) is 5.32 Å². The maximum Gasteiger partial charge on any atom is 0.261 e. The van der Waals surface area contributed by atoms with Crippen LogP contribution in [-0.2, 0) is 0 Å². The van der Waals surface area contributed by atoms with Crippen LogP contribution in [0.2, 0.25) is 0 Å². The Morgan fingerprint density at radius 2 is 1.96 bits per heavy atom. The Morgan fingerprint density at radius 3 is 2.64 bits per heavy atom. The molecule has 6 heteroatoms. The lowest BCUT2D eigenvalue weighted by molar-refractivity contribution is 0.0973. The van der Waals surface area contributed by atoms with Gasteiger partial charge in [-0.3, -0.25) is 10.1 Å². The van der Waals surface area contributed by atoms with Crippen LogP contribution in [0.25, 0.3) is 0 Å². The molecule has 4 nitrogen and oxygen atoms in total. The third-order valence-electron chi connectivity index (χ3n) is 3.51. The van der Waals surface area contributed by atoms with Crippen LogP contribution in [0.15, 0.2) is 40.9 Å². The monoisotopic (exact) mass is 420 g/mol. The summed E-state index contributed by atoms with van der Waals surface area (Å²) in [5, 5.41) is 6.02. The fourth-order valence-corrected chi connectivity index (χ4v) is 2.86. The Balaban J connectivity index is 2.10. The largest absolute Gasteiger partial charge is 0.493 e. The molecule has 25 heavy (non-hydrogen) atoms. The number of hydrogen-bond donors (Lipinski definition) is 2. The van der Waals surface area contributed by atoms with Crippen molar-refractivity contribution >= 4 is 44.9 Å². The van der Waals surface area contributed by atoms with Crippen LogP contribution in [0.4, 0.5) is 5.69 Å². The number of halogens is 1. The minimum absolute atomic E-state index is 0.248. The van der Waals surface area contributed by atoms with E-state index >= 15 is 0 Å². The van der Waals surface area contributed by atoms with Crippen molar-refractivity contribution in [3.8, 4) is 5.75 Å². The molecule has 0 aromatic heterocycles. The van der Waals surface area contributed by atoms with Crippen LogP contribution in [0.3, 0.4) is 0 Å². The SMILES string of the molecule is CCCOc1ccc(Br)cc1C(=O)NC(=S)Nc1ccc(C)cc1C. The predicted octanol–water partition coefficient (Wildman–Crippen LogP) is 4.98. The number of aryl methyl sites for hydroxylation is 2. The molecule has 0 bridgehead atoms. The first-order valence-electron chi connectivity index (χ1n) is 8.02. The van der Waals surface area contributed by atoms with E-state index in [0.29, 0.717) is 17.9 Å². The fourth-order valence-electron chi connectivity index (χ4n) is 2.30. The smallest absolute Gasteiger partial charge is 0.261 e. The summed E-state index contributed by atoms with van der Waals surface area (Å²) in [6.45, 7) is 6.58. The van der Waals surface area contributed by atoms with Gasteiger partial charge in [-0.1, -0.05) is 40.5 Å². The summed E-state index contributed by atoms with van der Waals surface area (Å²) in [6.07, 6.45) is 0.865. The Bertz CT molecular complexity index is 793. The first kappa shape index (κ1) is 19.4. The highest BCUT2D eigenvalue weighted by Crippen LogP contribution is 2.23. The second-order valence-corrected chi connectivity index (χ2v) is 7.04. The molecule has 0 radical (unpaired) electrons. The van der Waals surface area contributed by atoms with Crippen LogP contribution in [-0.4, -0.2) is 17.6 Å². The quantitative estimate of drug-likeness (QED) is 0.669. The molecule has 0 spiro atoms. The standard InChI is InChI=1S/C19H21BrN2O2S/c1-4-9-24-17-8-6-14(20)11-15(17)18(23)22-19(25)21-16-7-5-12(2)10-13(16)3/h5-8,10-11H,4,9H2,1-3H3,(H2,21,22,23,25). The molecular formula is C19H21BrN2O2S. The highest BCUT2D eigenvalue weighted by Gasteiger charge is 2.15. The van der Waals surface area contributed by atoms with Crippen molar-refractivity contribution in [2.75, 3.05) is 11.9 Å². The maximum absolute atomic E-state index is 12.6. The summed E-state index contributed by atoms with van der Waals surface area (Å²) < 4.78 is 6.45. The summed E-state index contributed by atoms with van der Waals surface area (Å²) in [4.78, 5) is 12.6. The maximum atomic E-state index is 12.6. The summed E-state index contributed by atoms with van der Waals surface area (Å²) in [7, 11) is 0. The number of ether oxygens (including phenoxy) is 1. The minimum Gasteiger partial charge on any atom is -0.493 e. The van der Waals surface area contributed by atoms with E-state index in [1.807, 2.05) is 39.0 Å². The molecule has 2 aromatic carbocycles. The molecule has 2 N–H and O–H groups in total. The van der Waals surface area contributed by atoms with Crippen molar-refractivity contribution in [2.24, 2.45) is 0 Å². The van der Waals surface area contributed by atoms with Crippen molar-refractivity contribution in [3.05, 3.63) is 57.6 Å².